The number of benzene rings is 2. The third-order valence-corrected chi connectivity index (χ3v) is 5.21. The van der Waals surface area contributed by atoms with Crippen molar-refractivity contribution in [2.24, 2.45) is 0 Å². The average molecular weight is 408 g/mol. The van der Waals surface area contributed by atoms with E-state index in [9.17, 15) is 4.79 Å². The van der Waals surface area contributed by atoms with E-state index in [1.54, 1.807) is 18.9 Å². The van der Waals surface area contributed by atoms with Crippen LogP contribution >= 0.6 is 0 Å². The van der Waals surface area contributed by atoms with E-state index < -0.39 is 0 Å². The van der Waals surface area contributed by atoms with Gasteiger partial charge in [-0.25, -0.2) is 4.68 Å². The molecular weight excluding hydrogens is 378 g/mol. The zero-order valence-electron chi connectivity index (χ0n) is 18.4. The molecule has 0 aliphatic rings. The molecule has 6 nitrogen and oxygen atoms in total. The minimum atomic E-state index is -0.156. The predicted octanol–water partition coefficient (Wildman–Crippen LogP) is 4.70. The summed E-state index contributed by atoms with van der Waals surface area (Å²) in [6, 6.07) is 13.6. The highest BCUT2D eigenvalue weighted by atomic mass is 16.5. The first kappa shape index (κ1) is 21.4. The quantitative estimate of drug-likeness (QED) is 0.616. The summed E-state index contributed by atoms with van der Waals surface area (Å²) in [5, 5.41) is 7.86. The van der Waals surface area contributed by atoms with Gasteiger partial charge in [0.2, 0.25) is 0 Å². The third-order valence-electron chi connectivity index (χ3n) is 5.21. The van der Waals surface area contributed by atoms with Crippen molar-refractivity contribution in [3.05, 3.63) is 59.3 Å². The Labute approximate surface area is 177 Å². The second-order valence-corrected chi connectivity index (χ2v) is 7.47. The van der Waals surface area contributed by atoms with Gasteiger partial charge in [0.1, 0.15) is 17.2 Å². The number of methoxy groups -OCH3 is 2. The van der Waals surface area contributed by atoms with Crippen molar-refractivity contribution >= 4 is 5.91 Å². The second-order valence-electron chi connectivity index (χ2n) is 7.47. The van der Waals surface area contributed by atoms with E-state index in [2.05, 4.69) is 11.4 Å². The van der Waals surface area contributed by atoms with E-state index >= 15 is 0 Å². The number of nitrogens with zero attached hydrogens (tertiary/aromatic N) is 2. The molecule has 1 heterocycles. The van der Waals surface area contributed by atoms with E-state index in [1.807, 2.05) is 64.1 Å². The molecule has 0 radical (unpaired) electrons. The molecule has 1 N–H and O–H groups in total. The van der Waals surface area contributed by atoms with Crippen molar-refractivity contribution < 1.29 is 14.3 Å². The van der Waals surface area contributed by atoms with E-state index in [4.69, 9.17) is 14.6 Å². The highest BCUT2D eigenvalue weighted by Gasteiger charge is 2.21. The van der Waals surface area contributed by atoms with Crippen molar-refractivity contribution in [1.29, 1.82) is 0 Å². The Balaban J connectivity index is 2.18. The summed E-state index contributed by atoms with van der Waals surface area (Å²) in [4.78, 5) is 13.1. The van der Waals surface area contributed by atoms with Gasteiger partial charge in [-0.3, -0.25) is 4.79 Å². The summed E-state index contributed by atoms with van der Waals surface area (Å²) in [6.07, 6.45) is 0.850. The molecule has 0 saturated carbocycles. The lowest BCUT2D eigenvalue weighted by molar-refractivity contribution is 0.0931. The van der Waals surface area contributed by atoms with Gasteiger partial charge in [-0.1, -0.05) is 19.1 Å². The van der Waals surface area contributed by atoms with Crippen LogP contribution in [0.3, 0.4) is 0 Å². The molecule has 3 rings (SSSR count). The van der Waals surface area contributed by atoms with Gasteiger partial charge >= 0.3 is 0 Å². The molecule has 0 bridgehead atoms. The van der Waals surface area contributed by atoms with Crippen LogP contribution in [0.2, 0.25) is 0 Å². The SMILES string of the molecule is CCC(C)NC(=O)c1cc(-c2ccc(OC)cc2OC)nn1-c1cc(C)ccc1C. The van der Waals surface area contributed by atoms with E-state index in [-0.39, 0.29) is 11.9 Å². The summed E-state index contributed by atoms with van der Waals surface area (Å²) in [7, 11) is 3.22. The number of carbonyl (C=O) groups excluding carboxylic acids is 1. The zero-order chi connectivity index (χ0) is 21.8. The van der Waals surface area contributed by atoms with Crippen LogP contribution in [0.5, 0.6) is 11.5 Å². The van der Waals surface area contributed by atoms with E-state index in [1.165, 1.54) is 0 Å². The monoisotopic (exact) mass is 407 g/mol. The van der Waals surface area contributed by atoms with Crippen molar-refractivity contribution in [2.75, 3.05) is 14.2 Å². The van der Waals surface area contributed by atoms with Gasteiger partial charge in [0, 0.05) is 17.7 Å². The molecule has 0 spiro atoms. The highest BCUT2D eigenvalue weighted by molar-refractivity contribution is 5.95. The molecule has 0 aliphatic heterocycles. The lowest BCUT2D eigenvalue weighted by Crippen LogP contribution is -2.33. The molecule has 1 amide bonds. The fraction of sp³-hybridized carbons (Fsp3) is 0.333. The second kappa shape index (κ2) is 9.03. The van der Waals surface area contributed by atoms with Crippen molar-refractivity contribution in [3.63, 3.8) is 0 Å². The van der Waals surface area contributed by atoms with Gasteiger partial charge in [0.25, 0.3) is 5.91 Å². The van der Waals surface area contributed by atoms with Crippen LogP contribution in [0.1, 0.15) is 41.9 Å². The molecule has 2 aromatic carbocycles. The predicted molar refractivity (Wildman–Crippen MR) is 119 cm³/mol. The number of nitrogens with one attached hydrogen (secondary N) is 1. The smallest absolute Gasteiger partial charge is 0.270 e. The van der Waals surface area contributed by atoms with Crippen molar-refractivity contribution in [2.45, 2.75) is 40.2 Å². The average Bonchev–Trinajstić information content (AvgIpc) is 3.19. The maximum atomic E-state index is 13.1. The van der Waals surface area contributed by atoms with Gasteiger partial charge in [-0.15, -0.1) is 0 Å². The fourth-order valence-electron chi connectivity index (χ4n) is 3.22. The molecule has 3 aromatic rings. The van der Waals surface area contributed by atoms with Crippen LogP contribution in [-0.4, -0.2) is 35.9 Å². The van der Waals surface area contributed by atoms with Crippen LogP contribution in [-0.2, 0) is 0 Å². The molecule has 0 fully saturated rings. The molecule has 0 saturated heterocycles. The van der Waals surface area contributed by atoms with Gasteiger partial charge in [0.05, 0.1) is 25.6 Å². The lowest BCUT2D eigenvalue weighted by Gasteiger charge is -2.14. The number of rotatable bonds is 7. The standard InChI is InChI=1S/C24H29N3O3/c1-7-17(4)25-24(28)22-14-20(19-11-10-18(29-5)13-23(19)30-6)26-27(22)21-12-15(2)8-9-16(21)3/h8-14,17H,7H2,1-6H3,(H,25,28). The number of aryl methyl sites for hydroxylation is 2. The van der Waals surface area contributed by atoms with Gasteiger partial charge in [-0.05, 0) is 62.6 Å². The molecule has 0 aliphatic carbocycles. The third kappa shape index (κ3) is 4.32. The number of hydrogen-bond donors (Lipinski definition) is 1. The van der Waals surface area contributed by atoms with Gasteiger partial charge < -0.3 is 14.8 Å². The Bertz CT molecular complexity index is 1060. The summed E-state index contributed by atoms with van der Waals surface area (Å²) >= 11 is 0. The van der Waals surface area contributed by atoms with Gasteiger partial charge in [0.15, 0.2) is 0 Å². The Morgan fingerprint density at radius 3 is 2.53 bits per heavy atom. The largest absolute Gasteiger partial charge is 0.497 e. The topological polar surface area (TPSA) is 65.4 Å². The molecule has 158 valence electrons. The van der Waals surface area contributed by atoms with E-state index in [0.717, 1.165) is 28.8 Å². The van der Waals surface area contributed by atoms with Crippen LogP contribution in [0.15, 0.2) is 42.5 Å². The number of hydrogen-bond acceptors (Lipinski definition) is 4. The van der Waals surface area contributed by atoms with Crippen molar-refractivity contribution in [1.82, 2.24) is 15.1 Å². The van der Waals surface area contributed by atoms with Crippen LogP contribution in [0.25, 0.3) is 16.9 Å². The maximum Gasteiger partial charge on any atom is 0.270 e. The zero-order valence-corrected chi connectivity index (χ0v) is 18.4. The molecular formula is C24H29N3O3. The molecule has 1 aromatic heterocycles. The first-order valence-corrected chi connectivity index (χ1v) is 10.1. The first-order valence-electron chi connectivity index (χ1n) is 10.1. The fourth-order valence-corrected chi connectivity index (χ4v) is 3.22. The Morgan fingerprint density at radius 1 is 1.10 bits per heavy atom. The number of ether oxygens (including phenoxy) is 2. The molecule has 30 heavy (non-hydrogen) atoms. The van der Waals surface area contributed by atoms with Crippen molar-refractivity contribution in [3.8, 4) is 28.4 Å². The Hall–Kier alpha value is -3.28. The molecule has 1 atom stereocenters. The summed E-state index contributed by atoms with van der Waals surface area (Å²) in [6.45, 7) is 8.07. The Morgan fingerprint density at radius 2 is 1.87 bits per heavy atom. The van der Waals surface area contributed by atoms with Gasteiger partial charge in [-0.2, -0.15) is 5.10 Å². The van der Waals surface area contributed by atoms with Crippen LogP contribution in [0, 0.1) is 13.8 Å². The Kier molecular flexibility index (Phi) is 6.45. The first-order chi connectivity index (χ1) is 14.4. The summed E-state index contributed by atoms with van der Waals surface area (Å²) in [5.41, 5.74) is 4.95. The molecule has 1 unspecified atom stereocenters. The van der Waals surface area contributed by atoms with Crippen LogP contribution < -0.4 is 14.8 Å². The minimum absolute atomic E-state index is 0.0680. The summed E-state index contributed by atoms with van der Waals surface area (Å²) in [5.74, 6) is 1.17. The highest BCUT2D eigenvalue weighted by Crippen LogP contribution is 2.34. The number of amides is 1. The normalized spacial score (nSPS) is 11.8. The summed E-state index contributed by atoms with van der Waals surface area (Å²) < 4.78 is 12.6. The van der Waals surface area contributed by atoms with E-state index in [0.29, 0.717) is 22.9 Å². The van der Waals surface area contributed by atoms with Crippen LogP contribution in [0.4, 0.5) is 0 Å². The molecule has 6 heteroatoms. The number of carbonyl (C=O) groups is 1. The minimum Gasteiger partial charge on any atom is -0.497 e. The number of aromatic nitrogens is 2. The lowest BCUT2D eigenvalue weighted by atomic mass is 10.1. The maximum absolute atomic E-state index is 13.1.